The second-order valence-electron chi connectivity index (χ2n) is 8.65. The predicted octanol–water partition coefficient (Wildman–Crippen LogP) is 5.67. The van der Waals surface area contributed by atoms with E-state index in [1.165, 1.54) is 35.4 Å². The Bertz CT molecular complexity index is 1050. The Labute approximate surface area is 168 Å². The fourth-order valence-corrected chi connectivity index (χ4v) is 4.34. The molecule has 0 spiro atoms. The van der Waals surface area contributed by atoms with Gasteiger partial charge >= 0.3 is 5.97 Å². The molecule has 0 bridgehead atoms. The van der Waals surface area contributed by atoms with E-state index < -0.39 is 11.8 Å². The number of nitroso groups, excluding NO2 is 1. The quantitative estimate of drug-likeness (QED) is 0.403. The van der Waals surface area contributed by atoms with Gasteiger partial charge in [0.25, 0.3) is 0 Å². The number of rotatable bonds is 5. The minimum atomic E-state index is -1.20. The van der Waals surface area contributed by atoms with Crippen LogP contribution in [0.3, 0.4) is 0 Å². The monoisotopic (exact) mass is 394 g/mol. The van der Waals surface area contributed by atoms with Crippen molar-refractivity contribution in [2.24, 2.45) is 10.4 Å². The van der Waals surface area contributed by atoms with Crippen molar-refractivity contribution < 1.29 is 14.3 Å². The van der Waals surface area contributed by atoms with E-state index in [4.69, 9.17) is 5.11 Å². The van der Waals surface area contributed by atoms with Crippen molar-refractivity contribution in [2.45, 2.75) is 44.9 Å². The van der Waals surface area contributed by atoms with Gasteiger partial charge in [-0.1, -0.05) is 45.9 Å². The molecule has 0 aliphatic heterocycles. The van der Waals surface area contributed by atoms with Crippen molar-refractivity contribution >= 4 is 17.8 Å². The Kier molecular flexibility index (Phi) is 5.22. The summed E-state index contributed by atoms with van der Waals surface area (Å²) in [6.07, 6.45) is 3.97. The Hall–Kier alpha value is -3.15. The number of hydrogen-bond acceptors (Lipinski definition) is 3. The molecule has 0 unspecified atom stereocenters. The van der Waals surface area contributed by atoms with E-state index in [1.807, 2.05) is 12.1 Å². The Morgan fingerprint density at radius 1 is 1.03 bits per heavy atom. The molecule has 0 atom stereocenters. The molecular weight excluding hydrogens is 371 g/mol. The van der Waals surface area contributed by atoms with Crippen LogP contribution in [0.2, 0.25) is 0 Å². The first-order chi connectivity index (χ1) is 13.5. The molecule has 2 aromatic carbocycles. The summed E-state index contributed by atoms with van der Waals surface area (Å²) < 4.78 is 14.2. The molecule has 0 amide bonds. The first-order valence-electron chi connectivity index (χ1n) is 9.32. The van der Waals surface area contributed by atoms with Crippen LogP contribution in [-0.2, 0) is 10.8 Å². The fourth-order valence-electron chi connectivity index (χ4n) is 4.34. The third-order valence-electron chi connectivity index (χ3n) is 5.47. The Morgan fingerprint density at radius 3 is 2.31 bits per heavy atom. The van der Waals surface area contributed by atoms with Crippen LogP contribution in [0.5, 0.6) is 0 Å². The summed E-state index contributed by atoms with van der Waals surface area (Å²) >= 11 is 0. The van der Waals surface area contributed by atoms with Crippen LogP contribution >= 0.6 is 0 Å². The van der Waals surface area contributed by atoms with Gasteiger partial charge in [-0.05, 0) is 58.7 Å². The van der Waals surface area contributed by atoms with E-state index in [0.29, 0.717) is 11.3 Å². The van der Waals surface area contributed by atoms with E-state index in [-0.39, 0.29) is 22.0 Å². The lowest BCUT2D eigenvalue weighted by atomic mass is 9.82. The maximum Gasteiger partial charge on any atom is 0.335 e. The smallest absolute Gasteiger partial charge is 0.335 e. The van der Waals surface area contributed by atoms with Gasteiger partial charge in [0, 0.05) is 11.1 Å². The van der Waals surface area contributed by atoms with Crippen LogP contribution in [-0.4, -0.2) is 16.8 Å². The van der Waals surface area contributed by atoms with Crippen LogP contribution in [0.25, 0.3) is 6.08 Å². The summed E-state index contributed by atoms with van der Waals surface area (Å²) in [6, 6.07) is 9.60. The normalized spacial score (nSPS) is 17.3. The maximum absolute atomic E-state index is 14.2. The molecule has 29 heavy (non-hydrogen) atoms. The van der Waals surface area contributed by atoms with E-state index >= 15 is 0 Å². The Balaban J connectivity index is 1.99. The SMILES string of the molecule is CC1(C)CC(C)(C)c2cc(C(/C=C/c3ccc(C(=O)O)cc3F)=N\N=O)ccc21. The predicted molar refractivity (Wildman–Crippen MR) is 112 cm³/mol. The minimum Gasteiger partial charge on any atom is -0.478 e. The van der Waals surface area contributed by atoms with E-state index in [1.54, 1.807) is 0 Å². The highest BCUT2D eigenvalue weighted by Gasteiger charge is 2.41. The van der Waals surface area contributed by atoms with E-state index in [0.717, 1.165) is 12.5 Å². The summed E-state index contributed by atoms with van der Waals surface area (Å²) in [5.41, 5.74) is 3.59. The molecule has 2 aromatic rings. The molecule has 3 rings (SSSR count). The molecule has 150 valence electrons. The zero-order valence-corrected chi connectivity index (χ0v) is 16.9. The lowest BCUT2D eigenvalue weighted by Crippen LogP contribution is -2.18. The largest absolute Gasteiger partial charge is 0.478 e. The zero-order chi connectivity index (χ0) is 21.4. The van der Waals surface area contributed by atoms with Gasteiger partial charge in [0.1, 0.15) is 5.82 Å². The van der Waals surface area contributed by atoms with Crippen LogP contribution in [0.15, 0.2) is 52.9 Å². The third-order valence-corrected chi connectivity index (χ3v) is 5.47. The molecule has 1 aliphatic carbocycles. The Morgan fingerprint density at radius 2 is 1.69 bits per heavy atom. The van der Waals surface area contributed by atoms with Gasteiger partial charge in [-0.2, -0.15) is 0 Å². The van der Waals surface area contributed by atoms with Gasteiger partial charge in [0.2, 0.25) is 0 Å². The second-order valence-corrected chi connectivity index (χ2v) is 8.65. The van der Waals surface area contributed by atoms with Gasteiger partial charge in [-0.3, -0.25) is 0 Å². The molecule has 0 saturated heterocycles. The number of carbonyl (C=O) groups is 1. The van der Waals surface area contributed by atoms with Crippen LogP contribution in [0.1, 0.15) is 66.7 Å². The molecular formula is C23H23FN2O3. The van der Waals surface area contributed by atoms with Crippen LogP contribution < -0.4 is 0 Å². The van der Waals surface area contributed by atoms with Gasteiger partial charge < -0.3 is 5.11 Å². The third kappa shape index (κ3) is 4.01. The van der Waals surface area contributed by atoms with Crippen LogP contribution in [0, 0.1) is 10.7 Å². The number of halogens is 1. The molecule has 5 nitrogen and oxygen atoms in total. The average Bonchev–Trinajstić information content (AvgIpc) is 2.83. The number of carboxylic acids is 1. The fraction of sp³-hybridized carbons (Fsp3) is 0.304. The van der Waals surface area contributed by atoms with Gasteiger partial charge in [-0.25, -0.2) is 9.18 Å². The van der Waals surface area contributed by atoms with E-state index in [9.17, 15) is 14.1 Å². The summed E-state index contributed by atoms with van der Waals surface area (Å²) in [4.78, 5) is 21.8. The van der Waals surface area contributed by atoms with E-state index in [2.05, 4.69) is 44.1 Å². The summed E-state index contributed by atoms with van der Waals surface area (Å²) in [6.45, 7) is 8.81. The number of benzene rings is 2. The van der Waals surface area contributed by atoms with Gasteiger partial charge in [0.05, 0.1) is 16.6 Å². The second kappa shape index (κ2) is 7.35. The number of hydrogen-bond donors (Lipinski definition) is 1. The molecule has 1 aliphatic rings. The molecule has 0 fully saturated rings. The molecule has 6 heteroatoms. The summed E-state index contributed by atoms with van der Waals surface area (Å²) in [7, 11) is 0. The topological polar surface area (TPSA) is 79.1 Å². The van der Waals surface area contributed by atoms with Gasteiger partial charge in [0.15, 0.2) is 0 Å². The lowest BCUT2D eigenvalue weighted by Gasteiger charge is -2.22. The van der Waals surface area contributed by atoms with Gasteiger partial charge in [-0.15, -0.1) is 10.0 Å². The molecule has 0 saturated carbocycles. The number of nitrogens with zero attached hydrogens (tertiary/aromatic N) is 2. The lowest BCUT2D eigenvalue weighted by molar-refractivity contribution is 0.0696. The molecule has 1 N–H and O–H groups in total. The summed E-state index contributed by atoms with van der Waals surface area (Å²) in [5, 5.41) is 15.3. The number of fused-ring (bicyclic) bond motifs is 1. The highest BCUT2D eigenvalue weighted by Crippen LogP contribution is 2.49. The van der Waals surface area contributed by atoms with Crippen molar-refractivity contribution in [3.63, 3.8) is 0 Å². The van der Waals surface area contributed by atoms with Crippen molar-refractivity contribution in [2.75, 3.05) is 0 Å². The highest BCUT2D eigenvalue weighted by molar-refractivity contribution is 6.11. The van der Waals surface area contributed by atoms with Crippen LogP contribution in [0.4, 0.5) is 4.39 Å². The van der Waals surface area contributed by atoms with Crippen molar-refractivity contribution in [3.8, 4) is 0 Å². The highest BCUT2D eigenvalue weighted by atomic mass is 19.1. The number of aromatic carboxylic acids is 1. The first kappa shape index (κ1) is 20.6. The average molecular weight is 394 g/mol. The van der Waals surface area contributed by atoms with Crippen molar-refractivity contribution in [3.05, 3.63) is 81.0 Å². The number of allylic oxidation sites excluding steroid dienone is 1. The standard InChI is InChI=1S/C23H23FN2O3/c1-22(2)13-23(3,4)18-11-15(7-9-17(18)22)20(25-26-29)10-8-14-5-6-16(21(27)28)12-19(14)24/h5-12H,13H2,1-4H3,(H,27,28)/b10-8+,25-20-. The van der Waals surface area contributed by atoms with Crippen molar-refractivity contribution in [1.82, 2.24) is 0 Å². The molecule has 0 aromatic heterocycles. The minimum absolute atomic E-state index is 0.0168. The molecule has 0 radical (unpaired) electrons. The maximum atomic E-state index is 14.2. The van der Waals surface area contributed by atoms with Crippen molar-refractivity contribution in [1.29, 1.82) is 0 Å². The number of carboxylic acid groups (broad SMARTS) is 1. The summed E-state index contributed by atoms with van der Waals surface area (Å²) in [5.74, 6) is -1.87. The molecule has 0 heterocycles. The zero-order valence-electron chi connectivity index (χ0n) is 16.9. The first-order valence-corrected chi connectivity index (χ1v) is 9.32.